The van der Waals surface area contributed by atoms with Crippen molar-refractivity contribution in [2.24, 2.45) is 0 Å². The summed E-state index contributed by atoms with van der Waals surface area (Å²) in [5.74, 6) is 0.514. The summed E-state index contributed by atoms with van der Waals surface area (Å²) in [6, 6.07) is 1.61. The predicted molar refractivity (Wildman–Crippen MR) is 32.8 cm³/mol. The monoisotopic (exact) mass is 124 g/mol. The highest BCUT2D eigenvalue weighted by Crippen LogP contribution is 1.93. The van der Waals surface area contributed by atoms with Gasteiger partial charge in [0.05, 0.1) is 0 Å². The SMILES string of the molecule is O=CNc1ccncn1.[H+]. The van der Waals surface area contributed by atoms with E-state index in [-0.39, 0.29) is 1.43 Å². The van der Waals surface area contributed by atoms with Gasteiger partial charge in [-0.15, -0.1) is 0 Å². The van der Waals surface area contributed by atoms with Gasteiger partial charge in [-0.3, -0.25) is 4.79 Å². The van der Waals surface area contributed by atoms with Crippen molar-refractivity contribution in [3.05, 3.63) is 18.6 Å². The molecule has 1 rings (SSSR count). The van der Waals surface area contributed by atoms with Crippen LogP contribution in [0.4, 0.5) is 5.82 Å². The van der Waals surface area contributed by atoms with Gasteiger partial charge in [0.2, 0.25) is 6.41 Å². The number of nitrogens with zero attached hydrogens (tertiary/aromatic N) is 2. The minimum Gasteiger partial charge on any atom is -0.313 e. The molecule has 0 radical (unpaired) electrons. The third kappa shape index (κ3) is 1.49. The lowest BCUT2D eigenvalue weighted by molar-refractivity contribution is -0.105. The summed E-state index contributed by atoms with van der Waals surface area (Å²) < 4.78 is 0. The number of carbonyl (C=O) groups is 1. The van der Waals surface area contributed by atoms with Crippen molar-refractivity contribution in [3.8, 4) is 0 Å². The molecule has 4 heteroatoms. The summed E-state index contributed by atoms with van der Waals surface area (Å²) in [5.41, 5.74) is 0. The second-order valence-electron chi connectivity index (χ2n) is 1.36. The molecule has 0 fully saturated rings. The normalized spacial score (nSPS) is 8.44. The van der Waals surface area contributed by atoms with Crippen LogP contribution in [0.3, 0.4) is 0 Å². The minimum atomic E-state index is 0. The van der Waals surface area contributed by atoms with Gasteiger partial charge >= 0.3 is 1.43 Å². The Hall–Kier alpha value is -1.45. The van der Waals surface area contributed by atoms with Crippen LogP contribution in [-0.4, -0.2) is 16.4 Å². The number of carbonyl (C=O) groups excluding carboxylic acids is 1. The largest absolute Gasteiger partial charge is 1.00 e. The maximum absolute atomic E-state index is 9.80. The number of hydrogen-bond donors (Lipinski definition) is 1. The van der Waals surface area contributed by atoms with Crippen molar-refractivity contribution in [2.75, 3.05) is 5.32 Å². The maximum atomic E-state index is 9.80. The number of rotatable bonds is 2. The summed E-state index contributed by atoms with van der Waals surface area (Å²) in [7, 11) is 0. The highest BCUT2D eigenvalue weighted by Gasteiger charge is 1.84. The second-order valence-corrected chi connectivity index (χ2v) is 1.36. The molecule has 9 heavy (non-hydrogen) atoms. The molecule has 0 aromatic carbocycles. The number of anilines is 1. The molecule has 0 atom stereocenters. The van der Waals surface area contributed by atoms with Gasteiger partial charge < -0.3 is 5.32 Å². The molecule has 0 saturated carbocycles. The molecule has 0 aliphatic carbocycles. The van der Waals surface area contributed by atoms with E-state index in [0.717, 1.165) is 0 Å². The summed E-state index contributed by atoms with van der Waals surface area (Å²) >= 11 is 0. The minimum absolute atomic E-state index is 0. The quantitative estimate of drug-likeness (QED) is 0.571. The molecule has 1 amide bonds. The molecule has 1 heterocycles. The number of nitrogens with one attached hydrogen (secondary N) is 1. The second kappa shape index (κ2) is 2.76. The summed E-state index contributed by atoms with van der Waals surface area (Å²) in [5, 5.41) is 2.38. The molecule has 0 saturated heterocycles. The fourth-order valence-corrected chi connectivity index (χ4v) is 0.436. The van der Waals surface area contributed by atoms with Crippen molar-refractivity contribution in [3.63, 3.8) is 0 Å². The lowest BCUT2D eigenvalue weighted by Gasteiger charge is -1.91. The number of amides is 1. The molecule has 1 N–H and O–H groups in total. The van der Waals surface area contributed by atoms with Gasteiger partial charge in [0, 0.05) is 6.20 Å². The molecule has 0 spiro atoms. The highest BCUT2D eigenvalue weighted by atomic mass is 16.1. The van der Waals surface area contributed by atoms with Crippen LogP contribution in [0.1, 0.15) is 1.43 Å². The molecule has 0 aliphatic rings. The molecule has 0 bridgehead atoms. The number of hydrogen-bond acceptors (Lipinski definition) is 3. The van der Waals surface area contributed by atoms with Crippen LogP contribution in [0.5, 0.6) is 0 Å². The smallest absolute Gasteiger partial charge is 0.313 e. The van der Waals surface area contributed by atoms with E-state index in [1.54, 1.807) is 12.3 Å². The summed E-state index contributed by atoms with van der Waals surface area (Å²) in [6.07, 6.45) is 3.49. The Bertz CT molecular complexity index is 191. The lowest BCUT2D eigenvalue weighted by atomic mass is 10.6. The molecule has 4 nitrogen and oxygen atoms in total. The van der Waals surface area contributed by atoms with E-state index in [9.17, 15) is 4.79 Å². The van der Waals surface area contributed by atoms with Crippen LogP contribution < -0.4 is 5.32 Å². The fourth-order valence-electron chi connectivity index (χ4n) is 0.436. The first-order valence-corrected chi connectivity index (χ1v) is 2.39. The van der Waals surface area contributed by atoms with Crippen molar-refractivity contribution < 1.29 is 6.22 Å². The van der Waals surface area contributed by atoms with E-state index in [4.69, 9.17) is 0 Å². The number of aromatic nitrogens is 2. The average Bonchev–Trinajstić information content (AvgIpc) is 1.91. The van der Waals surface area contributed by atoms with Gasteiger partial charge in [-0.2, -0.15) is 0 Å². The van der Waals surface area contributed by atoms with Crippen LogP contribution >= 0.6 is 0 Å². The molecule has 1 aromatic heterocycles. The van der Waals surface area contributed by atoms with Gasteiger partial charge in [0.25, 0.3) is 0 Å². The zero-order valence-electron chi connectivity index (χ0n) is 5.61. The molecule has 0 aliphatic heterocycles. The Morgan fingerprint density at radius 1 is 1.78 bits per heavy atom. The summed E-state index contributed by atoms with van der Waals surface area (Å²) in [4.78, 5) is 17.2. The Morgan fingerprint density at radius 2 is 2.67 bits per heavy atom. The van der Waals surface area contributed by atoms with Crippen LogP contribution in [0, 0.1) is 0 Å². The van der Waals surface area contributed by atoms with E-state index < -0.39 is 0 Å². The Morgan fingerprint density at radius 3 is 3.22 bits per heavy atom. The van der Waals surface area contributed by atoms with Crippen LogP contribution in [0.15, 0.2) is 18.6 Å². The van der Waals surface area contributed by atoms with E-state index in [1.165, 1.54) is 6.33 Å². The van der Waals surface area contributed by atoms with Gasteiger partial charge in [-0.05, 0) is 6.07 Å². The lowest BCUT2D eigenvalue weighted by Crippen LogP contribution is -1.95. The van der Waals surface area contributed by atoms with Gasteiger partial charge in [0.15, 0.2) is 0 Å². The van der Waals surface area contributed by atoms with Crippen molar-refractivity contribution in [2.45, 2.75) is 0 Å². The van der Waals surface area contributed by atoms with Crippen molar-refractivity contribution >= 4 is 12.2 Å². The molecule has 46 valence electrons. The molecule has 0 unspecified atom stereocenters. The molecular formula is C5H6N3O+. The van der Waals surface area contributed by atoms with Crippen molar-refractivity contribution in [1.29, 1.82) is 0 Å². The Balaban J connectivity index is 0.000000810. The average molecular weight is 124 g/mol. The Labute approximate surface area is 53.4 Å². The van der Waals surface area contributed by atoms with Crippen LogP contribution in [0.25, 0.3) is 0 Å². The first kappa shape index (κ1) is 5.68. The molecule has 1 aromatic rings. The van der Waals surface area contributed by atoms with E-state index >= 15 is 0 Å². The van der Waals surface area contributed by atoms with E-state index in [1.807, 2.05) is 0 Å². The van der Waals surface area contributed by atoms with Gasteiger partial charge in [-0.25, -0.2) is 9.97 Å². The van der Waals surface area contributed by atoms with E-state index in [0.29, 0.717) is 12.2 Å². The maximum Gasteiger partial charge on any atom is 1.00 e. The van der Waals surface area contributed by atoms with Crippen LogP contribution in [0.2, 0.25) is 0 Å². The fraction of sp³-hybridized carbons (Fsp3) is 0. The first-order chi connectivity index (χ1) is 4.43. The topological polar surface area (TPSA) is 54.9 Å². The van der Waals surface area contributed by atoms with Crippen molar-refractivity contribution in [1.82, 2.24) is 9.97 Å². The third-order valence-electron chi connectivity index (χ3n) is 0.789. The summed E-state index contributed by atoms with van der Waals surface area (Å²) in [6.45, 7) is 0. The van der Waals surface area contributed by atoms with Crippen LogP contribution in [-0.2, 0) is 4.79 Å². The zero-order chi connectivity index (χ0) is 6.53. The van der Waals surface area contributed by atoms with Gasteiger partial charge in [0.1, 0.15) is 12.1 Å². The first-order valence-electron chi connectivity index (χ1n) is 2.39. The third-order valence-corrected chi connectivity index (χ3v) is 0.789. The standard InChI is InChI=1S/C5H5N3O/c9-4-8-5-1-2-6-3-7-5/h1-4H,(H,6,7,8,9)/p+1. The Kier molecular flexibility index (Phi) is 1.74. The predicted octanol–water partition coefficient (Wildman–Crippen LogP) is 0.157. The highest BCUT2D eigenvalue weighted by molar-refractivity contribution is 5.68. The molecular weight excluding hydrogens is 118 g/mol. The zero-order valence-corrected chi connectivity index (χ0v) is 4.61. The van der Waals surface area contributed by atoms with E-state index in [2.05, 4.69) is 15.3 Å². The van der Waals surface area contributed by atoms with Gasteiger partial charge in [-0.1, -0.05) is 0 Å².